The molecule has 3 rings (SSSR count). The molecule has 3 amide bonds. The third-order valence-electron chi connectivity index (χ3n) is 3.92. The van der Waals surface area contributed by atoms with Gasteiger partial charge >= 0.3 is 6.03 Å². The number of benzene rings is 2. The molecule has 3 N–H and O–H groups in total. The number of nitrogens with one attached hydrogen (secondary N) is 3. The van der Waals surface area contributed by atoms with Crippen molar-refractivity contribution in [3.8, 4) is 0 Å². The standard InChI is InChI=1S/C20H17Cl2N3O3/c1-12(16-9-4-13(21)11-17(16)22)23-20(27)25-15-7-5-14(6-8-15)24-19(26)18-3-2-10-28-18/h2-12H,1H3,(H,24,26)(H2,23,25,27)/t12-/m1/s1. The highest BCUT2D eigenvalue weighted by Crippen LogP contribution is 2.26. The molecule has 1 atom stereocenters. The van der Waals surface area contributed by atoms with Crippen molar-refractivity contribution in [1.29, 1.82) is 0 Å². The van der Waals surface area contributed by atoms with Crippen LogP contribution in [0.1, 0.15) is 29.1 Å². The third kappa shape index (κ3) is 5.06. The molecule has 0 aliphatic carbocycles. The fourth-order valence-electron chi connectivity index (χ4n) is 2.53. The molecule has 1 heterocycles. The molecule has 0 saturated carbocycles. The van der Waals surface area contributed by atoms with Crippen molar-refractivity contribution in [2.24, 2.45) is 0 Å². The van der Waals surface area contributed by atoms with Gasteiger partial charge in [-0.15, -0.1) is 0 Å². The highest BCUT2D eigenvalue weighted by molar-refractivity contribution is 6.35. The SMILES string of the molecule is C[C@@H](NC(=O)Nc1ccc(NC(=O)c2ccco2)cc1)c1ccc(Cl)cc1Cl. The van der Waals surface area contributed by atoms with Crippen molar-refractivity contribution in [2.75, 3.05) is 10.6 Å². The average Bonchev–Trinajstić information content (AvgIpc) is 3.18. The van der Waals surface area contributed by atoms with E-state index in [1.807, 2.05) is 6.92 Å². The molecular formula is C20H17Cl2N3O3. The van der Waals surface area contributed by atoms with Crippen LogP contribution in [0.25, 0.3) is 0 Å². The van der Waals surface area contributed by atoms with Gasteiger partial charge in [0.1, 0.15) is 0 Å². The van der Waals surface area contributed by atoms with Crippen LogP contribution in [0, 0.1) is 0 Å². The molecule has 0 fully saturated rings. The summed E-state index contributed by atoms with van der Waals surface area (Å²) < 4.78 is 5.04. The van der Waals surface area contributed by atoms with E-state index in [1.165, 1.54) is 6.26 Å². The van der Waals surface area contributed by atoms with E-state index < -0.39 is 0 Å². The first-order valence-electron chi connectivity index (χ1n) is 8.40. The fourth-order valence-corrected chi connectivity index (χ4v) is 3.10. The topological polar surface area (TPSA) is 83.4 Å². The van der Waals surface area contributed by atoms with Crippen LogP contribution in [0.3, 0.4) is 0 Å². The quantitative estimate of drug-likeness (QED) is 0.496. The van der Waals surface area contributed by atoms with Crippen LogP contribution >= 0.6 is 23.2 Å². The normalized spacial score (nSPS) is 11.5. The summed E-state index contributed by atoms with van der Waals surface area (Å²) in [4.78, 5) is 24.2. The summed E-state index contributed by atoms with van der Waals surface area (Å²) in [5, 5.41) is 9.26. The van der Waals surface area contributed by atoms with Crippen molar-refractivity contribution < 1.29 is 14.0 Å². The number of rotatable bonds is 5. The number of anilines is 2. The van der Waals surface area contributed by atoms with Gasteiger partial charge in [0.2, 0.25) is 0 Å². The van der Waals surface area contributed by atoms with Gasteiger partial charge < -0.3 is 20.4 Å². The Morgan fingerprint density at radius 2 is 1.64 bits per heavy atom. The first kappa shape index (κ1) is 19.8. The summed E-state index contributed by atoms with van der Waals surface area (Å²) in [7, 11) is 0. The van der Waals surface area contributed by atoms with Gasteiger partial charge in [0.05, 0.1) is 12.3 Å². The van der Waals surface area contributed by atoms with Gasteiger partial charge in [0.25, 0.3) is 5.91 Å². The maximum atomic E-state index is 12.2. The predicted octanol–water partition coefficient (Wildman–Crippen LogP) is 5.72. The largest absolute Gasteiger partial charge is 0.459 e. The number of hydrogen-bond acceptors (Lipinski definition) is 3. The van der Waals surface area contributed by atoms with Crippen molar-refractivity contribution in [1.82, 2.24) is 5.32 Å². The average molecular weight is 418 g/mol. The zero-order valence-corrected chi connectivity index (χ0v) is 16.3. The number of urea groups is 1. The first-order valence-corrected chi connectivity index (χ1v) is 9.15. The smallest absolute Gasteiger partial charge is 0.319 e. The molecule has 0 radical (unpaired) electrons. The Bertz CT molecular complexity index is 973. The summed E-state index contributed by atoms with van der Waals surface area (Å²) in [6.45, 7) is 1.82. The van der Waals surface area contributed by atoms with Crippen molar-refractivity contribution >= 4 is 46.5 Å². The lowest BCUT2D eigenvalue weighted by atomic mass is 10.1. The number of amides is 3. The molecule has 0 aliphatic rings. The van der Waals surface area contributed by atoms with E-state index in [4.69, 9.17) is 27.6 Å². The summed E-state index contributed by atoms with van der Waals surface area (Å²) in [6.07, 6.45) is 1.43. The first-order chi connectivity index (χ1) is 13.4. The lowest BCUT2D eigenvalue weighted by Crippen LogP contribution is -2.31. The second kappa shape index (κ2) is 8.82. The van der Waals surface area contributed by atoms with Crippen LogP contribution in [-0.4, -0.2) is 11.9 Å². The number of furan rings is 1. The van der Waals surface area contributed by atoms with Gasteiger partial charge in [-0.25, -0.2) is 4.79 Å². The highest BCUT2D eigenvalue weighted by atomic mass is 35.5. The zero-order valence-electron chi connectivity index (χ0n) is 14.8. The van der Waals surface area contributed by atoms with E-state index >= 15 is 0 Å². The molecule has 0 aliphatic heterocycles. The second-order valence-electron chi connectivity index (χ2n) is 5.99. The Morgan fingerprint density at radius 3 is 2.25 bits per heavy atom. The minimum Gasteiger partial charge on any atom is -0.459 e. The van der Waals surface area contributed by atoms with Gasteiger partial charge in [0.15, 0.2) is 5.76 Å². The Balaban J connectivity index is 1.56. The molecule has 28 heavy (non-hydrogen) atoms. The maximum absolute atomic E-state index is 12.2. The number of hydrogen-bond donors (Lipinski definition) is 3. The van der Waals surface area contributed by atoms with Crippen LogP contribution in [0.2, 0.25) is 10.0 Å². The maximum Gasteiger partial charge on any atom is 0.319 e. The Kier molecular flexibility index (Phi) is 6.23. The van der Waals surface area contributed by atoms with E-state index in [9.17, 15) is 9.59 Å². The van der Waals surface area contributed by atoms with Crippen molar-refractivity contribution in [2.45, 2.75) is 13.0 Å². The van der Waals surface area contributed by atoms with E-state index in [1.54, 1.807) is 54.6 Å². The summed E-state index contributed by atoms with van der Waals surface area (Å²) in [5.74, 6) is -0.131. The van der Waals surface area contributed by atoms with Gasteiger partial charge in [-0.3, -0.25) is 4.79 Å². The van der Waals surface area contributed by atoms with Gasteiger partial charge in [-0.1, -0.05) is 29.3 Å². The third-order valence-corrected chi connectivity index (χ3v) is 4.48. The minimum absolute atomic E-state index is 0.219. The van der Waals surface area contributed by atoms with E-state index in [0.717, 1.165) is 5.56 Å². The Morgan fingerprint density at radius 1 is 0.964 bits per heavy atom. The molecule has 8 heteroatoms. The van der Waals surface area contributed by atoms with Crippen molar-refractivity contribution in [3.63, 3.8) is 0 Å². The Hall–Kier alpha value is -2.96. The van der Waals surface area contributed by atoms with E-state index in [-0.39, 0.29) is 23.7 Å². The van der Waals surface area contributed by atoms with E-state index in [2.05, 4.69) is 16.0 Å². The van der Waals surface area contributed by atoms with Crippen molar-refractivity contribution in [3.05, 3.63) is 82.2 Å². The van der Waals surface area contributed by atoms with Crippen LogP contribution < -0.4 is 16.0 Å². The molecule has 2 aromatic carbocycles. The molecule has 0 saturated heterocycles. The fraction of sp³-hybridized carbons (Fsp3) is 0.100. The zero-order chi connectivity index (χ0) is 20.1. The molecule has 144 valence electrons. The second-order valence-corrected chi connectivity index (χ2v) is 6.84. The van der Waals surface area contributed by atoms with Crippen LogP contribution in [0.4, 0.5) is 16.2 Å². The highest BCUT2D eigenvalue weighted by Gasteiger charge is 2.13. The number of carbonyl (C=O) groups excluding carboxylic acids is 2. The molecule has 6 nitrogen and oxygen atoms in total. The Labute approximate surface area is 171 Å². The van der Waals surface area contributed by atoms with Crippen LogP contribution in [-0.2, 0) is 0 Å². The summed E-state index contributed by atoms with van der Waals surface area (Å²) >= 11 is 12.1. The molecule has 0 unspecified atom stereocenters. The molecule has 0 spiro atoms. The van der Waals surface area contributed by atoms with Gasteiger partial charge in [-0.2, -0.15) is 0 Å². The minimum atomic E-state index is -0.383. The van der Waals surface area contributed by atoms with Crippen LogP contribution in [0.5, 0.6) is 0 Å². The van der Waals surface area contributed by atoms with Gasteiger partial charge in [0, 0.05) is 21.4 Å². The predicted molar refractivity (Wildman–Crippen MR) is 110 cm³/mol. The lowest BCUT2D eigenvalue weighted by molar-refractivity contribution is 0.0996. The molecule has 0 bridgehead atoms. The summed E-state index contributed by atoms with van der Waals surface area (Å²) in [5.41, 5.74) is 1.91. The monoisotopic (exact) mass is 417 g/mol. The number of halogens is 2. The van der Waals surface area contributed by atoms with Crippen LogP contribution in [0.15, 0.2) is 65.3 Å². The van der Waals surface area contributed by atoms with Gasteiger partial charge in [-0.05, 0) is 61.0 Å². The number of carbonyl (C=O) groups is 2. The molecule has 3 aromatic rings. The lowest BCUT2D eigenvalue weighted by Gasteiger charge is -2.16. The van der Waals surface area contributed by atoms with E-state index in [0.29, 0.717) is 21.4 Å². The summed E-state index contributed by atoms with van der Waals surface area (Å²) in [6, 6.07) is 14.3. The molecular weight excluding hydrogens is 401 g/mol. The molecule has 1 aromatic heterocycles.